The molecule has 0 spiro atoms. The molecule has 2 rings (SSSR count). The molecule has 1 heterocycles. The van der Waals surface area contributed by atoms with Gasteiger partial charge in [-0.05, 0) is 37.1 Å². The number of aryl methyl sites for hydroxylation is 2. The fourth-order valence-electron chi connectivity index (χ4n) is 2.14. The number of piperazine rings is 1. The van der Waals surface area contributed by atoms with Crippen molar-refractivity contribution in [1.29, 1.82) is 5.26 Å². The van der Waals surface area contributed by atoms with Crippen molar-refractivity contribution in [3.05, 3.63) is 29.3 Å². The monoisotopic (exact) mass is 243 g/mol. The molecule has 1 amide bonds. The van der Waals surface area contributed by atoms with Crippen molar-refractivity contribution < 1.29 is 4.79 Å². The van der Waals surface area contributed by atoms with Crippen molar-refractivity contribution in [2.75, 3.05) is 18.0 Å². The molecule has 1 aromatic carbocycles. The van der Waals surface area contributed by atoms with E-state index in [-0.39, 0.29) is 18.4 Å². The van der Waals surface area contributed by atoms with Gasteiger partial charge >= 0.3 is 0 Å². The lowest BCUT2D eigenvalue weighted by Crippen LogP contribution is -2.55. The number of rotatable bonds is 2. The summed E-state index contributed by atoms with van der Waals surface area (Å²) in [6.07, 6.45) is 0.222. The number of carbonyl (C=O) groups is 1. The summed E-state index contributed by atoms with van der Waals surface area (Å²) < 4.78 is 0. The van der Waals surface area contributed by atoms with E-state index in [2.05, 4.69) is 18.3 Å². The summed E-state index contributed by atoms with van der Waals surface area (Å²) >= 11 is 0. The van der Waals surface area contributed by atoms with Gasteiger partial charge < -0.3 is 10.2 Å². The van der Waals surface area contributed by atoms with E-state index in [0.717, 1.165) is 12.2 Å². The van der Waals surface area contributed by atoms with E-state index >= 15 is 0 Å². The molecule has 1 aliphatic heterocycles. The van der Waals surface area contributed by atoms with E-state index in [1.54, 1.807) is 4.90 Å². The maximum atomic E-state index is 12.2. The van der Waals surface area contributed by atoms with Crippen LogP contribution in [-0.2, 0) is 4.79 Å². The molecule has 1 aliphatic rings. The van der Waals surface area contributed by atoms with E-state index in [1.807, 2.05) is 25.1 Å². The Kier molecular flexibility index (Phi) is 3.63. The number of anilines is 1. The van der Waals surface area contributed by atoms with E-state index < -0.39 is 0 Å². The largest absolute Gasteiger partial charge is 0.310 e. The van der Waals surface area contributed by atoms with Gasteiger partial charge in [-0.15, -0.1) is 0 Å². The number of nitrogens with zero attached hydrogens (tertiary/aromatic N) is 2. The minimum atomic E-state index is -0.370. The molecule has 94 valence electrons. The molecule has 1 atom stereocenters. The zero-order valence-corrected chi connectivity index (χ0v) is 10.7. The number of nitrogens with one attached hydrogen (secondary N) is 1. The zero-order valence-electron chi connectivity index (χ0n) is 10.7. The quantitative estimate of drug-likeness (QED) is 0.856. The SMILES string of the molecule is Cc1ccc(N2CCNC(CC#N)C2=O)cc1C. The summed E-state index contributed by atoms with van der Waals surface area (Å²) in [6, 6.07) is 7.70. The van der Waals surface area contributed by atoms with Gasteiger partial charge in [0.15, 0.2) is 0 Å². The Morgan fingerprint density at radius 2 is 2.22 bits per heavy atom. The molecule has 1 unspecified atom stereocenters. The Balaban J connectivity index is 2.24. The highest BCUT2D eigenvalue weighted by molar-refractivity contribution is 5.98. The van der Waals surface area contributed by atoms with Crippen molar-refractivity contribution in [3.63, 3.8) is 0 Å². The molecule has 4 heteroatoms. The molecule has 1 N–H and O–H groups in total. The predicted molar refractivity (Wildman–Crippen MR) is 70.3 cm³/mol. The van der Waals surface area contributed by atoms with Crippen LogP contribution in [0, 0.1) is 25.2 Å². The normalized spacial score (nSPS) is 19.7. The van der Waals surface area contributed by atoms with Crippen LogP contribution in [-0.4, -0.2) is 25.0 Å². The highest BCUT2D eigenvalue weighted by atomic mass is 16.2. The number of carbonyl (C=O) groups excluding carboxylic acids is 1. The van der Waals surface area contributed by atoms with E-state index in [9.17, 15) is 4.79 Å². The number of amides is 1. The fraction of sp³-hybridized carbons (Fsp3) is 0.429. The van der Waals surface area contributed by atoms with Crippen LogP contribution in [0.25, 0.3) is 0 Å². The Morgan fingerprint density at radius 1 is 1.44 bits per heavy atom. The van der Waals surface area contributed by atoms with E-state index in [0.29, 0.717) is 6.54 Å². The van der Waals surface area contributed by atoms with E-state index in [1.165, 1.54) is 11.1 Å². The summed E-state index contributed by atoms with van der Waals surface area (Å²) in [6.45, 7) is 5.48. The first-order chi connectivity index (χ1) is 8.63. The van der Waals surface area contributed by atoms with Crippen LogP contribution in [0.5, 0.6) is 0 Å². The van der Waals surface area contributed by atoms with Crippen LogP contribution in [0.15, 0.2) is 18.2 Å². The first kappa shape index (κ1) is 12.6. The summed E-state index contributed by atoms with van der Waals surface area (Å²) in [5.41, 5.74) is 3.32. The van der Waals surface area contributed by atoms with Gasteiger partial charge in [0.05, 0.1) is 12.5 Å². The van der Waals surface area contributed by atoms with Gasteiger partial charge in [-0.3, -0.25) is 4.79 Å². The second kappa shape index (κ2) is 5.19. The summed E-state index contributed by atoms with van der Waals surface area (Å²) in [7, 11) is 0. The van der Waals surface area contributed by atoms with Gasteiger partial charge in [0.1, 0.15) is 6.04 Å². The average Bonchev–Trinajstić information content (AvgIpc) is 2.36. The highest BCUT2D eigenvalue weighted by Gasteiger charge is 2.28. The fourth-order valence-corrected chi connectivity index (χ4v) is 2.14. The second-order valence-electron chi connectivity index (χ2n) is 4.63. The molecule has 1 saturated heterocycles. The predicted octanol–water partition coefficient (Wildman–Crippen LogP) is 1.52. The maximum Gasteiger partial charge on any atom is 0.245 e. The third-order valence-corrected chi connectivity index (χ3v) is 3.39. The standard InChI is InChI=1S/C14H17N3O/c1-10-3-4-12(9-11(10)2)17-8-7-16-13(5-6-15)14(17)18/h3-4,9,13,16H,5,7-8H2,1-2H3. The lowest BCUT2D eigenvalue weighted by Gasteiger charge is -2.32. The third kappa shape index (κ3) is 2.36. The van der Waals surface area contributed by atoms with Crippen LogP contribution in [0.4, 0.5) is 5.69 Å². The topological polar surface area (TPSA) is 56.1 Å². The molecular formula is C14H17N3O. The summed E-state index contributed by atoms with van der Waals surface area (Å²) in [5, 5.41) is 11.8. The zero-order chi connectivity index (χ0) is 13.1. The lowest BCUT2D eigenvalue weighted by molar-refractivity contribution is -0.121. The van der Waals surface area contributed by atoms with Crippen molar-refractivity contribution >= 4 is 11.6 Å². The van der Waals surface area contributed by atoms with Crippen molar-refractivity contribution in [2.45, 2.75) is 26.3 Å². The first-order valence-corrected chi connectivity index (χ1v) is 6.12. The smallest absolute Gasteiger partial charge is 0.245 e. The molecule has 18 heavy (non-hydrogen) atoms. The molecule has 0 radical (unpaired) electrons. The molecule has 1 fully saturated rings. The van der Waals surface area contributed by atoms with Crippen LogP contribution in [0.3, 0.4) is 0 Å². The Hall–Kier alpha value is -1.86. The van der Waals surface area contributed by atoms with Gasteiger partial charge in [-0.25, -0.2) is 0 Å². The highest BCUT2D eigenvalue weighted by Crippen LogP contribution is 2.21. The Morgan fingerprint density at radius 3 is 2.89 bits per heavy atom. The Labute approximate surface area is 107 Å². The number of nitriles is 1. The van der Waals surface area contributed by atoms with Crippen molar-refractivity contribution in [3.8, 4) is 6.07 Å². The summed E-state index contributed by atoms with van der Waals surface area (Å²) in [4.78, 5) is 14.0. The molecule has 0 bridgehead atoms. The van der Waals surface area contributed by atoms with Gasteiger partial charge in [-0.2, -0.15) is 5.26 Å². The van der Waals surface area contributed by atoms with Gasteiger partial charge in [0.25, 0.3) is 0 Å². The number of hydrogen-bond donors (Lipinski definition) is 1. The van der Waals surface area contributed by atoms with Crippen LogP contribution in [0.1, 0.15) is 17.5 Å². The molecule has 4 nitrogen and oxygen atoms in total. The van der Waals surface area contributed by atoms with Crippen LogP contribution >= 0.6 is 0 Å². The number of benzene rings is 1. The summed E-state index contributed by atoms with van der Waals surface area (Å²) in [5.74, 6) is -0.00828. The van der Waals surface area contributed by atoms with Gasteiger partial charge in [-0.1, -0.05) is 6.07 Å². The second-order valence-corrected chi connectivity index (χ2v) is 4.63. The van der Waals surface area contributed by atoms with Crippen LogP contribution < -0.4 is 10.2 Å². The van der Waals surface area contributed by atoms with Crippen LogP contribution in [0.2, 0.25) is 0 Å². The van der Waals surface area contributed by atoms with E-state index in [4.69, 9.17) is 5.26 Å². The minimum Gasteiger partial charge on any atom is -0.310 e. The third-order valence-electron chi connectivity index (χ3n) is 3.39. The van der Waals surface area contributed by atoms with Crippen molar-refractivity contribution in [1.82, 2.24) is 5.32 Å². The first-order valence-electron chi connectivity index (χ1n) is 6.12. The average molecular weight is 243 g/mol. The molecule has 0 saturated carbocycles. The molecule has 0 aliphatic carbocycles. The van der Waals surface area contributed by atoms with Crippen molar-refractivity contribution in [2.24, 2.45) is 0 Å². The number of hydrogen-bond acceptors (Lipinski definition) is 3. The molecule has 0 aromatic heterocycles. The Bertz CT molecular complexity index is 504. The lowest BCUT2D eigenvalue weighted by atomic mass is 10.1. The minimum absolute atomic E-state index is 0.00828. The van der Waals surface area contributed by atoms with Gasteiger partial charge in [0, 0.05) is 18.8 Å². The molecular weight excluding hydrogens is 226 g/mol. The molecule has 1 aromatic rings. The maximum absolute atomic E-state index is 12.2. The van der Waals surface area contributed by atoms with Gasteiger partial charge in [0.2, 0.25) is 5.91 Å².